The van der Waals surface area contributed by atoms with Crippen molar-refractivity contribution in [1.29, 1.82) is 0 Å². The topological polar surface area (TPSA) is 20.2 Å². The van der Waals surface area contributed by atoms with Crippen molar-refractivity contribution in [2.24, 2.45) is 11.8 Å². The van der Waals surface area contributed by atoms with Crippen LogP contribution in [0.4, 0.5) is 0 Å². The third-order valence-corrected chi connectivity index (χ3v) is 3.00. The summed E-state index contributed by atoms with van der Waals surface area (Å²) in [5.41, 5.74) is 0. The maximum atomic E-state index is 9.45. The molecule has 0 spiro atoms. The Labute approximate surface area is 77.2 Å². The second-order valence-electron chi connectivity index (χ2n) is 3.83. The lowest BCUT2D eigenvalue weighted by Crippen LogP contribution is -2.19. The highest BCUT2D eigenvalue weighted by atomic mass is 16.3. The summed E-state index contributed by atoms with van der Waals surface area (Å²) in [5, 5.41) is 9.45. The Kier molecular flexibility index (Phi) is 6.45. The minimum atomic E-state index is -0.129. The molecule has 1 heteroatoms. The summed E-state index contributed by atoms with van der Waals surface area (Å²) in [4.78, 5) is 0. The molecule has 0 saturated heterocycles. The van der Waals surface area contributed by atoms with Crippen molar-refractivity contribution in [3.05, 3.63) is 0 Å². The summed E-state index contributed by atoms with van der Waals surface area (Å²) in [6.45, 7) is 8.56. The van der Waals surface area contributed by atoms with E-state index in [4.69, 9.17) is 0 Å². The average molecular weight is 172 g/mol. The van der Waals surface area contributed by atoms with Crippen molar-refractivity contribution in [3.8, 4) is 0 Å². The molecule has 0 heterocycles. The second kappa shape index (κ2) is 6.47. The summed E-state index contributed by atoms with van der Waals surface area (Å²) in [6.07, 6.45) is 4.67. The van der Waals surface area contributed by atoms with E-state index in [1.807, 2.05) is 6.92 Å². The molecule has 0 amide bonds. The Bertz CT molecular complexity index is 95.2. The van der Waals surface area contributed by atoms with E-state index in [0.717, 1.165) is 12.3 Å². The first-order chi connectivity index (χ1) is 5.65. The van der Waals surface area contributed by atoms with Gasteiger partial charge in [0.15, 0.2) is 0 Å². The fourth-order valence-corrected chi connectivity index (χ4v) is 1.75. The number of hydrogen-bond donors (Lipinski definition) is 1. The van der Waals surface area contributed by atoms with Crippen LogP contribution in [0, 0.1) is 11.8 Å². The van der Waals surface area contributed by atoms with Crippen LogP contribution in [0.2, 0.25) is 0 Å². The summed E-state index contributed by atoms with van der Waals surface area (Å²) < 4.78 is 0. The molecule has 0 aromatic carbocycles. The van der Waals surface area contributed by atoms with E-state index in [1.54, 1.807) is 0 Å². The zero-order valence-electron chi connectivity index (χ0n) is 9.01. The lowest BCUT2D eigenvalue weighted by molar-refractivity contribution is 0.105. The van der Waals surface area contributed by atoms with Gasteiger partial charge in [0, 0.05) is 0 Å². The first-order valence-corrected chi connectivity index (χ1v) is 5.33. The molecule has 0 bridgehead atoms. The zero-order chi connectivity index (χ0) is 9.56. The Morgan fingerprint density at radius 3 is 1.75 bits per heavy atom. The molecule has 0 rings (SSSR count). The lowest BCUT2D eigenvalue weighted by Gasteiger charge is -2.22. The van der Waals surface area contributed by atoms with Gasteiger partial charge in [0.2, 0.25) is 0 Å². The van der Waals surface area contributed by atoms with Gasteiger partial charge in [-0.2, -0.15) is 0 Å². The van der Waals surface area contributed by atoms with Gasteiger partial charge in [-0.25, -0.2) is 0 Å². The van der Waals surface area contributed by atoms with Crippen LogP contribution in [0.5, 0.6) is 0 Å². The van der Waals surface area contributed by atoms with Crippen LogP contribution in [-0.2, 0) is 0 Å². The van der Waals surface area contributed by atoms with Gasteiger partial charge >= 0.3 is 0 Å². The highest BCUT2D eigenvalue weighted by Gasteiger charge is 2.16. The molecule has 1 N–H and O–H groups in total. The molecule has 0 fully saturated rings. The molecule has 2 unspecified atom stereocenters. The Balaban J connectivity index is 3.82. The first kappa shape index (κ1) is 12.0. The van der Waals surface area contributed by atoms with E-state index in [2.05, 4.69) is 20.8 Å². The van der Waals surface area contributed by atoms with Crippen LogP contribution in [-0.4, -0.2) is 11.2 Å². The monoisotopic (exact) mass is 172 g/mol. The number of aliphatic hydroxyl groups is 1. The maximum Gasteiger partial charge on any atom is 0.0540 e. The zero-order valence-corrected chi connectivity index (χ0v) is 9.01. The Morgan fingerprint density at radius 2 is 1.50 bits per heavy atom. The van der Waals surface area contributed by atoms with E-state index >= 15 is 0 Å². The predicted octanol–water partition coefficient (Wildman–Crippen LogP) is 3.22. The molecule has 0 aliphatic heterocycles. The summed E-state index contributed by atoms with van der Waals surface area (Å²) in [6, 6.07) is 0. The smallest absolute Gasteiger partial charge is 0.0540 e. The molecular weight excluding hydrogens is 148 g/mol. The van der Waals surface area contributed by atoms with E-state index in [-0.39, 0.29) is 6.10 Å². The van der Waals surface area contributed by atoms with Gasteiger partial charge in [-0.3, -0.25) is 0 Å². The first-order valence-electron chi connectivity index (χ1n) is 5.33. The molecule has 0 aliphatic rings. The van der Waals surface area contributed by atoms with E-state index in [9.17, 15) is 5.11 Å². The van der Waals surface area contributed by atoms with Crippen LogP contribution in [0.1, 0.15) is 53.4 Å². The molecule has 0 aromatic rings. The molecule has 0 radical (unpaired) electrons. The largest absolute Gasteiger partial charge is 0.393 e. The van der Waals surface area contributed by atoms with Crippen molar-refractivity contribution >= 4 is 0 Å². The van der Waals surface area contributed by atoms with Crippen LogP contribution in [0.25, 0.3) is 0 Å². The molecule has 0 saturated carbocycles. The van der Waals surface area contributed by atoms with Crippen LogP contribution in [0.15, 0.2) is 0 Å². The fraction of sp³-hybridized carbons (Fsp3) is 1.00. The maximum absolute atomic E-state index is 9.45. The van der Waals surface area contributed by atoms with Gasteiger partial charge in [0.05, 0.1) is 6.10 Å². The van der Waals surface area contributed by atoms with Gasteiger partial charge in [0.1, 0.15) is 0 Å². The van der Waals surface area contributed by atoms with Crippen molar-refractivity contribution < 1.29 is 5.11 Å². The summed E-state index contributed by atoms with van der Waals surface area (Å²) in [5.74, 6) is 1.32. The normalized spacial score (nSPS) is 16.5. The minimum absolute atomic E-state index is 0.129. The Hall–Kier alpha value is -0.0400. The molecule has 0 aromatic heterocycles. The third-order valence-electron chi connectivity index (χ3n) is 3.00. The van der Waals surface area contributed by atoms with Crippen LogP contribution >= 0.6 is 0 Å². The standard InChI is InChI=1S/C11H24O/c1-5-10(6-2)8-11(7-3)9(4)12/h9-12H,5-8H2,1-4H3. The molecule has 74 valence electrons. The number of rotatable bonds is 6. The van der Waals surface area contributed by atoms with Crippen molar-refractivity contribution in [2.75, 3.05) is 0 Å². The molecule has 12 heavy (non-hydrogen) atoms. The van der Waals surface area contributed by atoms with E-state index < -0.39 is 0 Å². The lowest BCUT2D eigenvalue weighted by atomic mass is 9.86. The van der Waals surface area contributed by atoms with Gasteiger partial charge in [-0.1, -0.05) is 40.0 Å². The van der Waals surface area contributed by atoms with Gasteiger partial charge in [-0.15, -0.1) is 0 Å². The number of aliphatic hydroxyl groups excluding tert-OH is 1. The quantitative estimate of drug-likeness (QED) is 0.652. The van der Waals surface area contributed by atoms with Crippen molar-refractivity contribution in [2.45, 2.75) is 59.5 Å². The highest BCUT2D eigenvalue weighted by Crippen LogP contribution is 2.23. The molecule has 2 atom stereocenters. The highest BCUT2D eigenvalue weighted by molar-refractivity contribution is 4.67. The summed E-state index contributed by atoms with van der Waals surface area (Å²) >= 11 is 0. The van der Waals surface area contributed by atoms with Gasteiger partial charge in [0.25, 0.3) is 0 Å². The molecule has 0 aliphatic carbocycles. The van der Waals surface area contributed by atoms with Crippen molar-refractivity contribution in [3.63, 3.8) is 0 Å². The number of hydrogen-bond acceptors (Lipinski definition) is 1. The van der Waals surface area contributed by atoms with E-state index in [0.29, 0.717) is 5.92 Å². The summed E-state index contributed by atoms with van der Waals surface area (Å²) in [7, 11) is 0. The molecular formula is C11H24O. The third kappa shape index (κ3) is 4.10. The fourth-order valence-electron chi connectivity index (χ4n) is 1.75. The predicted molar refractivity (Wildman–Crippen MR) is 54.2 cm³/mol. The minimum Gasteiger partial charge on any atom is -0.393 e. The average Bonchev–Trinajstić information content (AvgIpc) is 2.06. The van der Waals surface area contributed by atoms with Gasteiger partial charge < -0.3 is 5.11 Å². The van der Waals surface area contributed by atoms with Crippen LogP contribution < -0.4 is 0 Å². The van der Waals surface area contributed by atoms with Gasteiger partial charge in [-0.05, 0) is 25.2 Å². The van der Waals surface area contributed by atoms with Crippen molar-refractivity contribution in [1.82, 2.24) is 0 Å². The Morgan fingerprint density at radius 1 is 1.00 bits per heavy atom. The second-order valence-corrected chi connectivity index (χ2v) is 3.83. The van der Waals surface area contributed by atoms with E-state index in [1.165, 1.54) is 19.3 Å². The molecule has 1 nitrogen and oxygen atoms in total. The van der Waals surface area contributed by atoms with Crippen LogP contribution in [0.3, 0.4) is 0 Å². The SMILES string of the molecule is CCC(CC)CC(CC)C(C)O.